The number of nitrogens with one attached hydrogen (secondary N) is 2. The zero-order chi connectivity index (χ0) is 17.5. The van der Waals surface area contributed by atoms with Crippen LogP contribution >= 0.6 is 11.6 Å². The number of ether oxygens (including phenoxy) is 1. The molecule has 4 N–H and O–H groups in total. The molecule has 2 rings (SSSR count). The van der Waals surface area contributed by atoms with Crippen molar-refractivity contribution in [2.24, 2.45) is 5.73 Å². The first kappa shape index (κ1) is 17.6. The molecule has 0 aliphatic carbocycles. The lowest BCUT2D eigenvalue weighted by molar-refractivity contribution is -0.120. The minimum Gasteiger partial charge on any atom is -0.489 e. The number of urea groups is 1. The number of halogens is 1. The van der Waals surface area contributed by atoms with Gasteiger partial charge in [-0.25, -0.2) is 4.79 Å². The molecule has 2 aromatic rings. The molecule has 0 saturated heterocycles. The van der Waals surface area contributed by atoms with Gasteiger partial charge in [-0.3, -0.25) is 10.1 Å². The van der Waals surface area contributed by atoms with Gasteiger partial charge in [-0.15, -0.1) is 0 Å². The zero-order valence-corrected chi connectivity index (χ0v) is 13.8. The molecule has 1 atom stereocenters. The van der Waals surface area contributed by atoms with Gasteiger partial charge in [0.05, 0.1) is 0 Å². The molecule has 0 spiro atoms. The minimum absolute atomic E-state index is 0.365. The van der Waals surface area contributed by atoms with Crippen molar-refractivity contribution < 1.29 is 14.3 Å². The van der Waals surface area contributed by atoms with E-state index in [0.29, 0.717) is 23.1 Å². The number of anilines is 1. The van der Waals surface area contributed by atoms with Gasteiger partial charge in [0.2, 0.25) is 5.91 Å². The van der Waals surface area contributed by atoms with Crippen LogP contribution in [-0.4, -0.2) is 18.0 Å². The number of hydrogen-bond acceptors (Lipinski definition) is 4. The molecular formula is C17H18ClN3O3. The van der Waals surface area contributed by atoms with Crippen LogP contribution in [-0.2, 0) is 11.4 Å². The van der Waals surface area contributed by atoms with Crippen molar-refractivity contribution in [3.8, 4) is 5.75 Å². The highest BCUT2D eigenvalue weighted by molar-refractivity contribution is 6.31. The van der Waals surface area contributed by atoms with Crippen molar-refractivity contribution >= 4 is 29.2 Å². The quantitative estimate of drug-likeness (QED) is 0.749. The van der Waals surface area contributed by atoms with E-state index < -0.39 is 18.0 Å². The van der Waals surface area contributed by atoms with Crippen LogP contribution in [0.25, 0.3) is 0 Å². The molecular weight excluding hydrogens is 330 g/mol. The lowest BCUT2D eigenvalue weighted by Crippen LogP contribution is -2.43. The predicted molar refractivity (Wildman–Crippen MR) is 93.0 cm³/mol. The number of nitrogens with two attached hydrogens (primary N) is 1. The van der Waals surface area contributed by atoms with E-state index in [-0.39, 0.29) is 0 Å². The minimum atomic E-state index is -0.878. The smallest absolute Gasteiger partial charge is 0.318 e. The first-order chi connectivity index (χ1) is 11.5. The topological polar surface area (TPSA) is 93.4 Å². The maximum Gasteiger partial charge on any atom is 0.318 e. The summed E-state index contributed by atoms with van der Waals surface area (Å²) in [5, 5.41) is 5.64. The first-order valence-electron chi connectivity index (χ1n) is 7.29. The summed E-state index contributed by atoms with van der Waals surface area (Å²) in [5.41, 5.74) is 6.53. The van der Waals surface area contributed by atoms with Crippen molar-refractivity contribution in [3.63, 3.8) is 0 Å². The number of carbonyl (C=O) groups is 2. The summed E-state index contributed by atoms with van der Waals surface area (Å²) in [4.78, 5) is 22.3. The highest BCUT2D eigenvalue weighted by Gasteiger charge is 2.13. The fourth-order valence-corrected chi connectivity index (χ4v) is 2.16. The average Bonchev–Trinajstić information content (AvgIpc) is 2.55. The SMILES string of the molecule is C[C@@H](Nc1ccc(OCc2ccccc2Cl)cc1)C(=O)NC(N)=O. The lowest BCUT2D eigenvalue weighted by Gasteiger charge is -2.14. The highest BCUT2D eigenvalue weighted by Crippen LogP contribution is 2.20. The predicted octanol–water partition coefficient (Wildman–Crippen LogP) is 2.91. The van der Waals surface area contributed by atoms with Crippen LogP contribution < -0.4 is 21.1 Å². The van der Waals surface area contributed by atoms with Gasteiger partial charge in [0, 0.05) is 16.3 Å². The molecule has 0 aliphatic rings. The van der Waals surface area contributed by atoms with E-state index in [2.05, 4.69) is 5.32 Å². The van der Waals surface area contributed by atoms with E-state index in [0.717, 1.165) is 5.56 Å². The molecule has 0 unspecified atom stereocenters. The van der Waals surface area contributed by atoms with Gasteiger partial charge in [-0.2, -0.15) is 0 Å². The van der Waals surface area contributed by atoms with Gasteiger partial charge in [-0.05, 0) is 37.3 Å². The molecule has 24 heavy (non-hydrogen) atoms. The molecule has 0 aliphatic heterocycles. The third kappa shape index (κ3) is 5.17. The molecule has 2 aromatic carbocycles. The molecule has 3 amide bonds. The molecule has 0 radical (unpaired) electrons. The number of benzene rings is 2. The van der Waals surface area contributed by atoms with Crippen LogP contribution in [0.2, 0.25) is 5.02 Å². The van der Waals surface area contributed by atoms with Crippen LogP contribution in [0.3, 0.4) is 0 Å². The Morgan fingerprint density at radius 1 is 1.17 bits per heavy atom. The fourth-order valence-electron chi connectivity index (χ4n) is 1.97. The number of hydrogen-bond donors (Lipinski definition) is 3. The second kappa shape index (κ2) is 8.21. The maximum atomic E-state index is 11.6. The van der Waals surface area contributed by atoms with E-state index in [9.17, 15) is 9.59 Å². The summed E-state index contributed by atoms with van der Waals surface area (Å²) >= 11 is 6.08. The van der Waals surface area contributed by atoms with Crippen LogP contribution in [0, 0.1) is 0 Å². The summed E-state index contributed by atoms with van der Waals surface area (Å²) in [5.74, 6) is 0.177. The number of rotatable bonds is 6. The van der Waals surface area contributed by atoms with Gasteiger partial charge in [0.25, 0.3) is 0 Å². The number of primary amides is 1. The van der Waals surface area contributed by atoms with E-state index in [1.165, 1.54) is 0 Å². The average molecular weight is 348 g/mol. The van der Waals surface area contributed by atoms with Crippen LogP contribution in [0.5, 0.6) is 5.75 Å². The second-order valence-corrected chi connectivity index (χ2v) is 5.53. The number of amides is 3. The second-order valence-electron chi connectivity index (χ2n) is 5.12. The standard InChI is InChI=1S/C17H18ClN3O3/c1-11(16(22)21-17(19)23)20-13-6-8-14(9-7-13)24-10-12-4-2-3-5-15(12)18/h2-9,11,20H,10H2,1H3,(H3,19,21,22,23)/t11-/m1/s1. The van der Waals surface area contributed by atoms with Crippen LogP contribution in [0.4, 0.5) is 10.5 Å². The molecule has 0 bridgehead atoms. The molecule has 0 fully saturated rings. The molecule has 6 nitrogen and oxygen atoms in total. The normalized spacial score (nSPS) is 11.4. The third-order valence-corrected chi connectivity index (χ3v) is 3.60. The van der Waals surface area contributed by atoms with Gasteiger partial charge in [0.1, 0.15) is 18.4 Å². The first-order valence-corrected chi connectivity index (χ1v) is 7.66. The van der Waals surface area contributed by atoms with Crippen molar-refractivity contribution in [3.05, 3.63) is 59.1 Å². The van der Waals surface area contributed by atoms with Gasteiger partial charge in [0.15, 0.2) is 0 Å². The molecule has 0 heterocycles. The Hall–Kier alpha value is -2.73. The van der Waals surface area contributed by atoms with Crippen molar-refractivity contribution in [1.82, 2.24) is 5.32 Å². The Morgan fingerprint density at radius 3 is 2.46 bits per heavy atom. The van der Waals surface area contributed by atoms with E-state index >= 15 is 0 Å². The Balaban J connectivity index is 1.90. The van der Waals surface area contributed by atoms with Crippen molar-refractivity contribution in [1.29, 1.82) is 0 Å². The Kier molecular flexibility index (Phi) is 6.03. The van der Waals surface area contributed by atoms with Gasteiger partial charge >= 0.3 is 6.03 Å². The Labute approximate surface area is 144 Å². The summed E-state index contributed by atoms with van der Waals surface area (Å²) < 4.78 is 5.68. The Morgan fingerprint density at radius 2 is 1.83 bits per heavy atom. The summed E-state index contributed by atoms with van der Waals surface area (Å²) in [6.45, 7) is 1.99. The third-order valence-electron chi connectivity index (χ3n) is 3.23. The summed E-state index contributed by atoms with van der Waals surface area (Å²) in [6.07, 6.45) is 0. The van der Waals surface area contributed by atoms with Crippen molar-refractivity contribution in [2.75, 3.05) is 5.32 Å². The summed E-state index contributed by atoms with van der Waals surface area (Å²) in [6, 6.07) is 13.1. The van der Waals surface area contributed by atoms with E-state index in [1.54, 1.807) is 31.2 Å². The lowest BCUT2D eigenvalue weighted by atomic mass is 10.2. The maximum absolute atomic E-state index is 11.6. The Bertz CT molecular complexity index is 719. The van der Waals surface area contributed by atoms with E-state index in [1.807, 2.05) is 29.6 Å². The molecule has 7 heteroatoms. The fraction of sp³-hybridized carbons (Fsp3) is 0.176. The zero-order valence-electron chi connectivity index (χ0n) is 13.1. The number of carbonyl (C=O) groups excluding carboxylic acids is 2. The van der Waals surface area contributed by atoms with Crippen LogP contribution in [0.15, 0.2) is 48.5 Å². The van der Waals surface area contributed by atoms with Crippen molar-refractivity contribution in [2.45, 2.75) is 19.6 Å². The molecule has 0 saturated carbocycles. The monoisotopic (exact) mass is 347 g/mol. The van der Waals surface area contributed by atoms with Gasteiger partial charge in [-0.1, -0.05) is 29.8 Å². The van der Waals surface area contributed by atoms with E-state index in [4.69, 9.17) is 22.1 Å². The largest absolute Gasteiger partial charge is 0.489 e. The number of imide groups is 1. The molecule has 0 aromatic heterocycles. The molecule has 126 valence electrons. The summed E-state index contributed by atoms with van der Waals surface area (Å²) in [7, 11) is 0. The highest BCUT2D eigenvalue weighted by atomic mass is 35.5. The van der Waals surface area contributed by atoms with Crippen LogP contribution in [0.1, 0.15) is 12.5 Å². The van der Waals surface area contributed by atoms with Gasteiger partial charge < -0.3 is 15.8 Å².